The van der Waals surface area contributed by atoms with Crippen molar-refractivity contribution in [3.63, 3.8) is 0 Å². The second kappa shape index (κ2) is 6.65. The summed E-state index contributed by atoms with van der Waals surface area (Å²) < 4.78 is 11.4. The van der Waals surface area contributed by atoms with Crippen molar-refractivity contribution in [2.75, 3.05) is 18.9 Å². The SMILES string of the molecule is CC(C)(C)OC(=O)NCCOc1ccc(N)cc1Br. The van der Waals surface area contributed by atoms with Crippen LogP contribution in [0.4, 0.5) is 10.5 Å². The molecule has 0 aliphatic heterocycles. The van der Waals surface area contributed by atoms with Crippen LogP contribution in [0.3, 0.4) is 0 Å². The van der Waals surface area contributed by atoms with Crippen LogP contribution >= 0.6 is 15.9 Å². The van der Waals surface area contributed by atoms with E-state index in [1.54, 1.807) is 18.2 Å². The summed E-state index contributed by atoms with van der Waals surface area (Å²) in [5.74, 6) is 0.681. The van der Waals surface area contributed by atoms with Gasteiger partial charge in [-0.15, -0.1) is 0 Å². The largest absolute Gasteiger partial charge is 0.491 e. The van der Waals surface area contributed by atoms with Gasteiger partial charge in [0.05, 0.1) is 11.0 Å². The summed E-state index contributed by atoms with van der Waals surface area (Å²) >= 11 is 3.35. The van der Waals surface area contributed by atoms with E-state index in [1.807, 2.05) is 20.8 Å². The number of carbonyl (C=O) groups excluding carboxylic acids is 1. The van der Waals surface area contributed by atoms with Crippen molar-refractivity contribution in [2.24, 2.45) is 0 Å². The van der Waals surface area contributed by atoms with Gasteiger partial charge in [-0.2, -0.15) is 0 Å². The highest BCUT2D eigenvalue weighted by Crippen LogP contribution is 2.26. The number of hydrogen-bond donors (Lipinski definition) is 2. The van der Waals surface area contributed by atoms with Crippen LogP contribution in [-0.4, -0.2) is 24.8 Å². The van der Waals surface area contributed by atoms with Gasteiger partial charge in [0.1, 0.15) is 18.0 Å². The Morgan fingerprint density at radius 1 is 1.42 bits per heavy atom. The van der Waals surface area contributed by atoms with Crippen LogP contribution in [0.2, 0.25) is 0 Å². The van der Waals surface area contributed by atoms with Crippen molar-refractivity contribution in [3.05, 3.63) is 22.7 Å². The van der Waals surface area contributed by atoms with E-state index in [4.69, 9.17) is 15.2 Å². The van der Waals surface area contributed by atoms with E-state index < -0.39 is 11.7 Å². The zero-order valence-electron chi connectivity index (χ0n) is 11.3. The molecule has 0 radical (unpaired) electrons. The zero-order valence-corrected chi connectivity index (χ0v) is 12.9. The molecular formula is C13H19BrN2O3. The Labute approximate surface area is 121 Å². The summed E-state index contributed by atoms with van der Waals surface area (Å²) in [5.41, 5.74) is 5.79. The molecule has 0 heterocycles. The van der Waals surface area contributed by atoms with E-state index in [1.165, 1.54) is 0 Å². The van der Waals surface area contributed by atoms with E-state index in [2.05, 4.69) is 21.2 Å². The molecule has 0 aliphatic carbocycles. The van der Waals surface area contributed by atoms with Crippen molar-refractivity contribution in [1.82, 2.24) is 5.32 Å². The highest BCUT2D eigenvalue weighted by molar-refractivity contribution is 9.10. The number of halogens is 1. The molecule has 0 bridgehead atoms. The first-order valence-electron chi connectivity index (χ1n) is 5.92. The van der Waals surface area contributed by atoms with Crippen molar-refractivity contribution >= 4 is 27.7 Å². The quantitative estimate of drug-likeness (QED) is 0.657. The molecular weight excluding hydrogens is 312 g/mol. The Morgan fingerprint density at radius 2 is 2.11 bits per heavy atom. The molecule has 1 aromatic carbocycles. The number of nitrogen functional groups attached to an aromatic ring is 1. The van der Waals surface area contributed by atoms with Gasteiger partial charge in [-0.3, -0.25) is 0 Å². The monoisotopic (exact) mass is 330 g/mol. The predicted octanol–water partition coefficient (Wildman–Crippen LogP) is 2.93. The molecule has 1 rings (SSSR count). The minimum absolute atomic E-state index is 0.349. The van der Waals surface area contributed by atoms with Crippen LogP contribution in [0.1, 0.15) is 20.8 Å². The van der Waals surface area contributed by atoms with Crippen LogP contribution in [0, 0.1) is 0 Å². The van der Waals surface area contributed by atoms with Gasteiger partial charge in [0, 0.05) is 5.69 Å². The number of hydrogen-bond acceptors (Lipinski definition) is 4. The lowest BCUT2D eigenvalue weighted by Crippen LogP contribution is -2.34. The molecule has 6 heteroatoms. The van der Waals surface area contributed by atoms with Crippen LogP contribution < -0.4 is 15.8 Å². The van der Waals surface area contributed by atoms with Gasteiger partial charge in [0.15, 0.2) is 0 Å². The Hall–Kier alpha value is -1.43. The van der Waals surface area contributed by atoms with Crippen molar-refractivity contribution in [1.29, 1.82) is 0 Å². The average Bonchev–Trinajstić information content (AvgIpc) is 2.24. The zero-order chi connectivity index (χ0) is 14.5. The summed E-state index contributed by atoms with van der Waals surface area (Å²) in [6.45, 7) is 6.16. The number of benzene rings is 1. The topological polar surface area (TPSA) is 73.6 Å². The molecule has 0 spiro atoms. The molecule has 0 atom stereocenters. The molecule has 5 nitrogen and oxygen atoms in total. The standard InChI is InChI=1S/C13H19BrN2O3/c1-13(2,3)19-12(17)16-6-7-18-11-5-4-9(15)8-10(11)14/h4-5,8H,6-7,15H2,1-3H3,(H,16,17). The third-order valence-electron chi connectivity index (χ3n) is 1.98. The molecule has 0 saturated heterocycles. The predicted molar refractivity (Wildman–Crippen MR) is 78.3 cm³/mol. The van der Waals surface area contributed by atoms with E-state index in [0.29, 0.717) is 24.6 Å². The molecule has 0 aliphatic rings. The fourth-order valence-electron chi connectivity index (χ4n) is 1.26. The van der Waals surface area contributed by atoms with Crippen LogP contribution in [0.5, 0.6) is 5.75 Å². The third-order valence-corrected chi connectivity index (χ3v) is 2.60. The van der Waals surface area contributed by atoms with Gasteiger partial charge in [0.2, 0.25) is 0 Å². The Kier molecular flexibility index (Phi) is 5.47. The maximum Gasteiger partial charge on any atom is 0.407 e. The lowest BCUT2D eigenvalue weighted by Gasteiger charge is -2.19. The number of nitrogens with one attached hydrogen (secondary N) is 1. The highest BCUT2D eigenvalue weighted by Gasteiger charge is 2.15. The van der Waals surface area contributed by atoms with Crippen molar-refractivity contribution in [2.45, 2.75) is 26.4 Å². The maximum absolute atomic E-state index is 11.4. The van der Waals surface area contributed by atoms with Crippen LogP contribution in [0.15, 0.2) is 22.7 Å². The van der Waals surface area contributed by atoms with Gasteiger partial charge < -0.3 is 20.5 Å². The Morgan fingerprint density at radius 3 is 2.68 bits per heavy atom. The van der Waals surface area contributed by atoms with Crippen LogP contribution in [0.25, 0.3) is 0 Å². The third kappa shape index (κ3) is 6.33. The number of alkyl carbamates (subject to hydrolysis) is 1. The molecule has 0 saturated carbocycles. The molecule has 0 fully saturated rings. The summed E-state index contributed by atoms with van der Waals surface area (Å²) in [7, 11) is 0. The van der Waals surface area contributed by atoms with Crippen molar-refractivity contribution in [3.8, 4) is 5.75 Å². The maximum atomic E-state index is 11.4. The second-order valence-electron chi connectivity index (χ2n) is 4.97. The summed E-state index contributed by atoms with van der Waals surface area (Å²) in [6.07, 6.45) is -0.451. The average molecular weight is 331 g/mol. The summed E-state index contributed by atoms with van der Waals surface area (Å²) in [4.78, 5) is 11.4. The fourth-order valence-corrected chi connectivity index (χ4v) is 1.77. The minimum atomic E-state index is -0.495. The van der Waals surface area contributed by atoms with Gasteiger partial charge in [-0.05, 0) is 54.9 Å². The summed E-state index contributed by atoms with van der Waals surface area (Å²) in [6, 6.07) is 5.28. The van der Waals surface area contributed by atoms with E-state index in [0.717, 1.165) is 4.47 Å². The number of rotatable bonds is 4. The van der Waals surface area contributed by atoms with Gasteiger partial charge in [-0.25, -0.2) is 4.79 Å². The van der Waals surface area contributed by atoms with E-state index in [-0.39, 0.29) is 0 Å². The normalized spacial score (nSPS) is 10.9. The Bertz CT molecular complexity index is 444. The number of nitrogens with two attached hydrogens (primary N) is 1. The second-order valence-corrected chi connectivity index (χ2v) is 5.82. The first kappa shape index (κ1) is 15.6. The molecule has 0 aromatic heterocycles. The smallest absolute Gasteiger partial charge is 0.407 e. The van der Waals surface area contributed by atoms with E-state index >= 15 is 0 Å². The highest BCUT2D eigenvalue weighted by atomic mass is 79.9. The molecule has 106 valence electrons. The van der Waals surface area contributed by atoms with Gasteiger partial charge in [-0.1, -0.05) is 0 Å². The number of anilines is 1. The number of carbonyl (C=O) groups is 1. The van der Waals surface area contributed by atoms with E-state index in [9.17, 15) is 4.79 Å². The number of amides is 1. The first-order valence-corrected chi connectivity index (χ1v) is 6.72. The lowest BCUT2D eigenvalue weighted by atomic mass is 10.2. The van der Waals surface area contributed by atoms with Gasteiger partial charge in [0.25, 0.3) is 0 Å². The Balaban J connectivity index is 2.29. The van der Waals surface area contributed by atoms with Crippen molar-refractivity contribution < 1.29 is 14.3 Å². The lowest BCUT2D eigenvalue weighted by molar-refractivity contribution is 0.0520. The molecule has 19 heavy (non-hydrogen) atoms. The fraction of sp³-hybridized carbons (Fsp3) is 0.462. The number of ether oxygens (including phenoxy) is 2. The van der Waals surface area contributed by atoms with Crippen LogP contribution in [-0.2, 0) is 4.74 Å². The van der Waals surface area contributed by atoms with Gasteiger partial charge >= 0.3 is 6.09 Å². The molecule has 0 unspecified atom stereocenters. The summed E-state index contributed by atoms with van der Waals surface area (Å²) in [5, 5.41) is 2.61. The molecule has 1 amide bonds. The first-order chi connectivity index (χ1) is 8.78. The minimum Gasteiger partial charge on any atom is -0.491 e. The molecule has 3 N–H and O–H groups in total. The molecule has 1 aromatic rings.